The molecule has 2 aliphatic heterocycles. The Morgan fingerprint density at radius 1 is 1.48 bits per heavy atom. The molecule has 4 atom stereocenters. The summed E-state index contributed by atoms with van der Waals surface area (Å²) in [5.41, 5.74) is 1.30. The maximum atomic E-state index is 12.0. The summed E-state index contributed by atoms with van der Waals surface area (Å²) in [6.07, 6.45) is 0.783. The van der Waals surface area contributed by atoms with Crippen LogP contribution in [0.2, 0.25) is 0 Å². The first-order valence-corrected chi connectivity index (χ1v) is 7.96. The summed E-state index contributed by atoms with van der Waals surface area (Å²) in [4.78, 5) is 13.4. The number of hydrogen-bond donors (Lipinski definition) is 2. The highest BCUT2D eigenvalue weighted by Gasteiger charge is 2.37. The van der Waals surface area contributed by atoms with Gasteiger partial charge in [0.25, 0.3) is 5.56 Å². The quantitative estimate of drug-likeness (QED) is 0.751. The fourth-order valence-electron chi connectivity index (χ4n) is 3.93. The predicted molar refractivity (Wildman–Crippen MR) is 79.6 cm³/mol. The van der Waals surface area contributed by atoms with Gasteiger partial charge in [-0.15, -0.1) is 0 Å². The average molecular weight is 293 g/mol. The molecule has 1 aromatic heterocycles. The molecule has 2 N–H and O–H groups in total. The van der Waals surface area contributed by atoms with Crippen LogP contribution in [0.25, 0.3) is 0 Å². The van der Waals surface area contributed by atoms with Crippen LogP contribution < -0.4 is 10.5 Å². The van der Waals surface area contributed by atoms with Crippen LogP contribution in [-0.4, -0.2) is 48.6 Å². The number of pyridine rings is 1. The Labute approximate surface area is 125 Å². The molecule has 2 aliphatic rings. The molecule has 2 bridgehead atoms. The molecule has 3 rings (SSSR count). The monoisotopic (exact) mass is 293 g/mol. The minimum Gasteiger partial charge on any atom is -0.385 e. The minimum atomic E-state index is -0.392. The van der Waals surface area contributed by atoms with Crippen molar-refractivity contribution in [1.82, 2.24) is 4.57 Å². The summed E-state index contributed by atoms with van der Waals surface area (Å²) in [6.45, 7) is 6.63. The summed E-state index contributed by atoms with van der Waals surface area (Å²) >= 11 is 0. The number of quaternary nitrogens is 1. The number of aliphatic hydroxyl groups is 1. The van der Waals surface area contributed by atoms with Gasteiger partial charge < -0.3 is 19.3 Å². The van der Waals surface area contributed by atoms with Crippen molar-refractivity contribution in [3.05, 3.63) is 34.2 Å². The van der Waals surface area contributed by atoms with E-state index in [1.807, 2.05) is 17.6 Å². The molecular weight excluding hydrogens is 268 g/mol. The molecule has 21 heavy (non-hydrogen) atoms. The Bertz CT molecular complexity index is 543. The molecule has 1 aromatic rings. The third-order valence-corrected chi connectivity index (χ3v) is 4.71. The van der Waals surface area contributed by atoms with Gasteiger partial charge in [0.1, 0.15) is 12.6 Å². The number of aromatic nitrogens is 1. The van der Waals surface area contributed by atoms with Crippen molar-refractivity contribution in [2.45, 2.75) is 31.9 Å². The third-order valence-electron chi connectivity index (χ3n) is 4.71. The van der Waals surface area contributed by atoms with Gasteiger partial charge in [0.15, 0.2) is 0 Å². The molecule has 0 aliphatic carbocycles. The van der Waals surface area contributed by atoms with Crippen molar-refractivity contribution < 1.29 is 14.7 Å². The summed E-state index contributed by atoms with van der Waals surface area (Å²) < 4.78 is 7.24. The third kappa shape index (κ3) is 3.20. The van der Waals surface area contributed by atoms with Gasteiger partial charge in [0.05, 0.1) is 19.7 Å². The second-order valence-corrected chi connectivity index (χ2v) is 6.37. The average Bonchev–Trinajstić information content (AvgIpc) is 2.46. The molecular formula is C16H25N2O3+. The van der Waals surface area contributed by atoms with Crippen LogP contribution in [0.15, 0.2) is 23.0 Å². The molecule has 0 amide bonds. The van der Waals surface area contributed by atoms with Gasteiger partial charge in [-0.05, 0) is 19.4 Å². The van der Waals surface area contributed by atoms with Crippen LogP contribution in [0.4, 0.5) is 0 Å². The van der Waals surface area contributed by atoms with E-state index in [0.29, 0.717) is 25.0 Å². The highest BCUT2D eigenvalue weighted by atomic mass is 16.5. The van der Waals surface area contributed by atoms with Crippen molar-refractivity contribution in [3.63, 3.8) is 0 Å². The Kier molecular flexibility index (Phi) is 4.42. The highest BCUT2D eigenvalue weighted by Crippen LogP contribution is 2.29. The number of piperidine rings is 1. The molecule has 0 saturated carbocycles. The molecule has 1 saturated heterocycles. The standard InChI is InChI=1S/C16H24N2O3/c1-2-21-11-14(19)10-17-7-12-6-13(9-17)15-4-3-5-16(20)18(15)8-12/h3-5,12-14,19H,2,6-11H2,1H3/p+1/t12-,13+,14+/m0/s1. The fraction of sp³-hybridized carbons (Fsp3) is 0.688. The van der Waals surface area contributed by atoms with Gasteiger partial charge in [-0.25, -0.2) is 0 Å². The van der Waals surface area contributed by atoms with Crippen LogP contribution in [0.1, 0.15) is 25.0 Å². The summed E-state index contributed by atoms with van der Waals surface area (Å²) in [5, 5.41) is 10.0. The predicted octanol–water partition coefficient (Wildman–Crippen LogP) is -0.752. The van der Waals surface area contributed by atoms with Crippen LogP contribution in [0, 0.1) is 5.92 Å². The lowest BCUT2D eigenvalue weighted by molar-refractivity contribution is -0.914. The zero-order valence-corrected chi connectivity index (χ0v) is 12.6. The number of fused-ring (bicyclic) bond motifs is 4. The van der Waals surface area contributed by atoms with E-state index in [1.165, 1.54) is 17.0 Å². The lowest BCUT2D eigenvalue weighted by atomic mass is 9.83. The van der Waals surface area contributed by atoms with Gasteiger partial charge >= 0.3 is 0 Å². The largest absolute Gasteiger partial charge is 0.385 e. The number of rotatable bonds is 5. The summed E-state index contributed by atoms with van der Waals surface area (Å²) in [5.74, 6) is 0.992. The van der Waals surface area contributed by atoms with Gasteiger partial charge in [0, 0.05) is 36.7 Å². The zero-order chi connectivity index (χ0) is 14.8. The van der Waals surface area contributed by atoms with Gasteiger partial charge in [-0.1, -0.05) is 6.07 Å². The minimum absolute atomic E-state index is 0.127. The smallest absolute Gasteiger partial charge is 0.250 e. The van der Waals surface area contributed by atoms with E-state index in [2.05, 4.69) is 6.07 Å². The molecule has 116 valence electrons. The maximum Gasteiger partial charge on any atom is 0.250 e. The van der Waals surface area contributed by atoms with E-state index in [9.17, 15) is 9.90 Å². The maximum absolute atomic E-state index is 12.0. The first kappa shape index (κ1) is 14.8. The SMILES string of the molecule is CCOC[C@H](O)C[NH+]1C[C@@H]2C[C@H](C1)c1cccc(=O)n1C2. The summed E-state index contributed by atoms with van der Waals surface area (Å²) in [6, 6.07) is 5.61. The number of ether oxygens (including phenoxy) is 1. The number of nitrogens with one attached hydrogen (secondary N) is 1. The van der Waals surface area contributed by atoms with Gasteiger partial charge in [-0.3, -0.25) is 4.79 Å². The van der Waals surface area contributed by atoms with E-state index in [4.69, 9.17) is 4.74 Å². The van der Waals surface area contributed by atoms with E-state index in [0.717, 1.165) is 26.2 Å². The van der Waals surface area contributed by atoms with Crippen molar-refractivity contribution >= 4 is 0 Å². The summed E-state index contributed by atoms with van der Waals surface area (Å²) in [7, 11) is 0. The van der Waals surface area contributed by atoms with Crippen molar-refractivity contribution in [1.29, 1.82) is 0 Å². The zero-order valence-electron chi connectivity index (χ0n) is 12.6. The van der Waals surface area contributed by atoms with Crippen molar-refractivity contribution in [2.75, 3.05) is 32.8 Å². The van der Waals surface area contributed by atoms with Gasteiger partial charge in [0.2, 0.25) is 0 Å². The molecule has 5 heteroatoms. The Morgan fingerprint density at radius 3 is 3.14 bits per heavy atom. The van der Waals surface area contributed by atoms with E-state index in [1.54, 1.807) is 6.07 Å². The lowest BCUT2D eigenvalue weighted by Crippen LogP contribution is -3.15. The lowest BCUT2D eigenvalue weighted by Gasteiger charge is -2.40. The van der Waals surface area contributed by atoms with E-state index >= 15 is 0 Å². The number of likely N-dealkylation sites (tertiary alicyclic amines) is 1. The van der Waals surface area contributed by atoms with Crippen LogP contribution in [-0.2, 0) is 11.3 Å². The molecule has 1 fully saturated rings. The highest BCUT2D eigenvalue weighted by molar-refractivity contribution is 5.15. The van der Waals surface area contributed by atoms with Crippen LogP contribution >= 0.6 is 0 Å². The Balaban J connectivity index is 1.69. The molecule has 0 spiro atoms. The molecule has 5 nitrogen and oxygen atoms in total. The van der Waals surface area contributed by atoms with E-state index < -0.39 is 6.10 Å². The molecule has 0 aromatic carbocycles. The Morgan fingerprint density at radius 2 is 2.33 bits per heavy atom. The second-order valence-electron chi connectivity index (χ2n) is 6.37. The molecule has 0 radical (unpaired) electrons. The van der Waals surface area contributed by atoms with Crippen molar-refractivity contribution in [3.8, 4) is 0 Å². The fourth-order valence-corrected chi connectivity index (χ4v) is 3.93. The topological polar surface area (TPSA) is 55.9 Å². The first-order valence-electron chi connectivity index (χ1n) is 7.96. The normalized spacial score (nSPS) is 29.0. The Hall–Kier alpha value is -1.17. The number of hydrogen-bond acceptors (Lipinski definition) is 3. The van der Waals surface area contributed by atoms with Gasteiger partial charge in [-0.2, -0.15) is 0 Å². The second kappa shape index (κ2) is 6.30. The number of nitrogens with zero attached hydrogens (tertiary/aromatic N) is 1. The molecule has 1 unspecified atom stereocenters. The number of aliphatic hydroxyl groups excluding tert-OH is 1. The molecule has 3 heterocycles. The van der Waals surface area contributed by atoms with E-state index in [-0.39, 0.29) is 5.56 Å². The van der Waals surface area contributed by atoms with Crippen LogP contribution in [0.3, 0.4) is 0 Å². The van der Waals surface area contributed by atoms with Crippen molar-refractivity contribution in [2.24, 2.45) is 5.92 Å². The van der Waals surface area contributed by atoms with Crippen LogP contribution in [0.5, 0.6) is 0 Å². The first-order chi connectivity index (χ1) is 10.2.